The van der Waals surface area contributed by atoms with Gasteiger partial charge >= 0.3 is 0 Å². The van der Waals surface area contributed by atoms with Crippen molar-refractivity contribution < 1.29 is 4.79 Å². The highest BCUT2D eigenvalue weighted by molar-refractivity contribution is 7.11. The Bertz CT molecular complexity index is 360. The van der Waals surface area contributed by atoms with Gasteiger partial charge in [0.05, 0.1) is 12.6 Å². The maximum Gasteiger partial charge on any atom is 0.239 e. The van der Waals surface area contributed by atoms with Crippen LogP contribution in [0.2, 0.25) is 0 Å². The molecular weight excluding hydrogens is 220 g/mol. The number of amides is 1. The third-order valence-corrected chi connectivity index (χ3v) is 3.55. The van der Waals surface area contributed by atoms with Crippen LogP contribution < -0.4 is 5.73 Å². The lowest BCUT2D eigenvalue weighted by atomic mass is 10.0. The summed E-state index contributed by atoms with van der Waals surface area (Å²) < 4.78 is 0. The van der Waals surface area contributed by atoms with Crippen LogP contribution >= 0.6 is 11.3 Å². The highest BCUT2D eigenvalue weighted by Crippen LogP contribution is 2.17. The average molecular weight is 240 g/mol. The number of hydrogen-bond donors (Lipinski definition) is 1. The van der Waals surface area contributed by atoms with Crippen molar-refractivity contribution >= 4 is 17.2 Å². The Labute approximate surface area is 101 Å². The highest BCUT2D eigenvalue weighted by atomic mass is 32.1. The molecule has 1 atom stereocenters. The Morgan fingerprint density at radius 1 is 1.50 bits per heavy atom. The maximum atomic E-state index is 11.9. The van der Waals surface area contributed by atoms with E-state index in [0.717, 1.165) is 0 Å². The topological polar surface area (TPSA) is 46.3 Å². The van der Waals surface area contributed by atoms with Crippen molar-refractivity contribution in [3.05, 3.63) is 21.9 Å². The van der Waals surface area contributed by atoms with Crippen LogP contribution in [0, 0.1) is 12.8 Å². The first-order valence-corrected chi connectivity index (χ1v) is 6.29. The van der Waals surface area contributed by atoms with Gasteiger partial charge in [-0.05, 0) is 25.0 Å². The lowest BCUT2D eigenvalue weighted by Gasteiger charge is -2.22. The minimum atomic E-state index is -0.397. The zero-order chi connectivity index (χ0) is 12.3. The summed E-state index contributed by atoms with van der Waals surface area (Å²) in [6, 6.07) is 3.73. The number of nitrogens with zero attached hydrogens (tertiary/aromatic N) is 1. The van der Waals surface area contributed by atoms with Crippen LogP contribution in [0.15, 0.2) is 12.1 Å². The van der Waals surface area contributed by atoms with Crippen LogP contribution in [0.1, 0.15) is 23.6 Å². The molecule has 1 amide bonds. The SMILES string of the molecule is Cc1ccc(CN(C)C(=O)[C@@H](N)C(C)C)s1. The van der Waals surface area contributed by atoms with Gasteiger partial charge in [0.2, 0.25) is 5.91 Å². The fourth-order valence-corrected chi connectivity index (χ4v) is 2.37. The Kier molecular flexibility index (Phi) is 4.50. The number of hydrogen-bond acceptors (Lipinski definition) is 3. The summed E-state index contributed by atoms with van der Waals surface area (Å²) in [5.74, 6) is 0.195. The molecule has 0 radical (unpaired) electrons. The van der Waals surface area contributed by atoms with E-state index in [1.54, 1.807) is 23.3 Å². The Balaban J connectivity index is 2.58. The van der Waals surface area contributed by atoms with Crippen LogP contribution in [-0.2, 0) is 11.3 Å². The molecule has 90 valence electrons. The number of thiophene rings is 1. The molecule has 0 saturated heterocycles. The summed E-state index contributed by atoms with van der Waals surface area (Å²) in [4.78, 5) is 16.1. The Morgan fingerprint density at radius 3 is 2.56 bits per heavy atom. The van der Waals surface area contributed by atoms with E-state index < -0.39 is 6.04 Å². The fourth-order valence-electron chi connectivity index (χ4n) is 1.42. The number of carbonyl (C=O) groups excluding carboxylic acids is 1. The molecule has 2 N–H and O–H groups in total. The second-order valence-corrected chi connectivity index (χ2v) is 5.85. The molecule has 0 fully saturated rings. The predicted molar refractivity (Wildman–Crippen MR) is 68.3 cm³/mol. The monoisotopic (exact) mass is 240 g/mol. The minimum absolute atomic E-state index is 0.0149. The summed E-state index contributed by atoms with van der Waals surface area (Å²) in [6.07, 6.45) is 0. The van der Waals surface area contributed by atoms with Gasteiger partial charge in [0.15, 0.2) is 0 Å². The number of likely N-dealkylation sites (N-methyl/N-ethyl adjacent to an activating group) is 1. The van der Waals surface area contributed by atoms with E-state index in [2.05, 4.69) is 19.1 Å². The van der Waals surface area contributed by atoms with Gasteiger partial charge in [-0.3, -0.25) is 4.79 Å². The molecule has 0 bridgehead atoms. The molecule has 0 aliphatic carbocycles. The van der Waals surface area contributed by atoms with E-state index in [0.29, 0.717) is 6.54 Å². The van der Waals surface area contributed by atoms with E-state index >= 15 is 0 Å². The fraction of sp³-hybridized carbons (Fsp3) is 0.583. The van der Waals surface area contributed by atoms with Gasteiger partial charge in [0.1, 0.15) is 0 Å². The first-order valence-electron chi connectivity index (χ1n) is 5.47. The van der Waals surface area contributed by atoms with Gasteiger partial charge < -0.3 is 10.6 Å². The molecule has 1 aromatic rings. The molecule has 0 unspecified atom stereocenters. The number of carbonyl (C=O) groups is 1. The standard InChI is InChI=1S/C12H20N2OS/c1-8(2)11(13)12(15)14(4)7-10-6-5-9(3)16-10/h5-6,8,11H,7,13H2,1-4H3/t11-/m0/s1. The molecule has 1 heterocycles. The molecule has 16 heavy (non-hydrogen) atoms. The quantitative estimate of drug-likeness (QED) is 0.875. The van der Waals surface area contributed by atoms with E-state index in [-0.39, 0.29) is 11.8 Å². The number of aryl methyl sites for hydroxylation is 1. The van der Waals surface area contributed by atoms with E-state index in [1.165, 1.54) is 9.75 Å². The first-order chi connectivity index (χ1) is 7.41. The van der Waals surface area contributed by atoms with Crippen LogP contribution in [0.4, 0.5) is 0 Å². The van der Waals surface area contributed by atoms with Crippen LogP contribution in [0.25, 0.3) is 0 Å². The van der Waals surface area contributed by atoms with Gasteiger partial charge in [-0.15, -0.1) is 11.3 Å². The van der Waals surface area contributed by atoms with Crippen LogP contribution in [0.5, 0.6) is 0 Å². The largest absolute Gasteiger partial charge is 0.339 e. The van der Waals surface area contributed by atoms with E-state index in [9.17, 15) is 4.79 Å². The van der Waals surface area contributed by atoms with Crippen molar-refractivity contribution in [1.29, 1.82) is 0 Å². The van der Waals surface area contributed by atoms with Crippen molar-refractivity contribution in [3.8, 4) is 0 Å². The zero-order valence-corrected chi connectivity index (χ0v) is 11.2. The highest BCUT2D eigenvalue weighted by Gasteiger charge is 2.21. The summed E-state index contributed by atoms with van der Waals surface area (Å²) >= 11 is 1.72. The van der Waals surface area contributed by atoms with Crippen molar-refractivity contribution in [2.24, 2.45) is 11.7 Å². The molecular formula is C12H20N2OS. The number of nitrogens with two attached hydrogens (primary N) is 1. The van der Waals surface area contributed by atoms with E-state index in [1.807, 2.05) is 13.8 Å². The van der Waals surface area contributed by atoms with Gasteiger partial charge in [0.25, 0.3) is 0 Å². The molecule has 0 saturated carbocycles. The molecule has 1 rings (SSSR count). The third-order valence-electron chi connectivity index (χ3n) is 2.57. The second kappa shape index (κ2) is 5.46. The summed E-state index contributed by atoms with van der Waals surface area (Å²) in [6.45, 7) is 6.64. The molecule has 0 aliphatic heterocycles. The lowest BCUT2D eigenvalue weighted by molar-refractivity contribution is -0.132. The van der Waals surface area contributed by atoms with Crippen molar-refractivity contribution in [2.45, 2.75) is 33.4 Å². The summed E-state index contributed by atoms with van der Waals surface area (Å²) in [7, 11) is 1.81. The van der Waals surface area contributed by atoms with Gasteiger partial charge in [-0.25, -0.2) is 0 Å². The third kappa shape index (κ3) is 3.32. The van der Waals surface area contributed by atoms with Crippen molar-refractivity contribution in [2.75, 3.05) is 7.05 Å². The molecule has 3 nitrogen and oxygen atoms in total. The second-order valence-electron chi connectivity index (χ2n) is 4.48. The van der Waals surface area contributed by atoms with Crippen LogP contribution in [0.3, 0.4) is 0 Å². The zero-order valence-electron chi connectivity index (χ0n) is 10.4. The normalized spacial score (nSPS) is 12.9. The maximum absolute atomic E-state index is 11.9. The smallest absolute Gasteiger partial charge is 0.239 e. The molecule has 0 spiro atoms. The number of rotatable bonds is 4. The van der Waals surface area contributed by atoms with Crippen molar-refractivity contribution in [3.63, 3.8) is 0 Å². The van der Waals surface area contributed by atoms with Crippen molar-refractivity contribution in [1.82, 2.24) is 4.90 Å². The summed E-state index contributed by atoms with van der Waals surface area (Å²) in [5.41, 5.74) is 5.83. The predicted octanol–water partition coefficient (Wildman–Crippen LogP) is 2.00. The lowest BCUT2D eigenvalue weighted by Crippen LogP contribution is -2.44. The Hall–Kier alpha value is -0.870. The van der Waals surface area contributed by atoms with Gasteiger partial charge in [-0.2, -0.15) is 0 Å². The minimum Gasteiger partial charge on any atom is -0.339 e. The Morgan fingerprint density at radius 2 is 2.12 bits per heavy atom. The first kappa shape index (κ1) is 13.2. The molecule has 4 heteroatoms. The van der Waals surface area contributed by atoms with E-state index in [4.69, 9.17) is 5.73 Å². The molecule has 1 aromatic heterocycles. The summed E-state index contributed by atoms with van der Waals surface area (Å²) in [5, 5.41) is 0. The van der Waals surface area contributed by atoms with Gasteiger partial charge in [0, 0.05) is 16.8 Å². The average Bonchev–Trinajstić information content (AvgIpc) is 2.61. The molecule has 0 aliphatic rings. The van der Waals surface area contributed by atoms with Crippen LogP contribution in [-0.4, -0.2) is 23.9 Å². The van der Waals surface area contributed by atoms with Gasteiger partial charge in [-0.1, -0.05) is 13.8 Å². The molecule has 0 aromatic carbocycles.